The number of hydrogen-bond acceptors (Lipinski definition) is 7. The molecule has 0 spiro atoms. The maximum Gasteiger partial charge on any atom is 0.317 e. The first-order valence-corrected chi connectivity index (χ1v) is 15.7. The number of unbranched alkanes of at least 4 members (excludes halogenated alkanes) is 4. The van der Waals surface area contributed by atoms with Gasteiger partial charge >= 0.3 is 12.1 Å². The van der Waals surface area contributed by atoms with Crippen molar-refractivity contribution in [1.82, 2.24) is 36.0 Å². The largest absolute Gasteiger partial charge is 0.356 e. The standard InChI is InChI=1S/C27H43N7O5S/c35-22(8-4-3-7-21-25-20(19-40-21)30-26(38)31-25)28-11-5-1-2-6-12-29-27(39)33-16-13-32(14-17-33)15-18-34-23(36)9-10-24(34)37/h9-10,20-21,25H,1-8,11-19H2,(H,28,35)(H,29,39)(H2,30,31,38)/t20-,21-,25-/m0/s1. The molecule has 0 saturated carbocycles. The molecular weight excluding hydrogens is 534 g/mol. The summed E-state index contributed by atoms with van der Waals surface area (Å²) < 4.78 is 0. The molecule has 3 atom stereocenters. The van der Waals surface area contributed by atoms with Crippen LogP contribution < -0.4 is 21.3 Å². The van der Waals surface area contributed by atoms with Crippen molar-refractivity contribution >= 4 is 41.5 Å². The monoisotopic (exact) mass is 577 g/mol. The van der Waals surface area contributed by atoms with Gasteiger partial charge in [0.05, 0.1) is 12.1 Å². The fourth-order valence-electron chi connectivity index (χ4n) is 5.57. The van der Waals surface area contributed by atoms with Crippen LogP contribution in [0.4, 0.5) is 9.59 Å². The topological polar surface area (TPSA) is 143 Å². The second kappa shape index (κ2) is 15.3. The first kappa shape index (κ1) is 30.2. The lowest BCUT2D eigenvalue weighted by Crippen LogP contribution is -2.53. The van der Waals surface area contributed by atoms with Crippen LogP contribution in [-0.4, -0.2) is 120 Å². The van der Waals surface area contributed by atoms with E-state index in [4.69, 9.17) is 0 Å². The van der Waals surface area contributed by atoms with Gasteiger partial charge in [-0.15, -0.1) is 0 Å². The van der Waals surface area contributed by atoms with Crippen LogP contribution >= 0.6 is 11.8 Å². The number of carbonyl (C=O) groups excluding carboxylic acids is 5. The average Bonchev–Trinajstić information content (AvgIpc) is 3.60. The van der Waals surface area contributed by atoms with Gasteiger partial charge in [0.1, 0.15) is 0 Å². The Balaban J connectivity index is 0.926. The highest BCUT2D eigenvalue weighted by Gasteiger charge is 2.42. The molecule has 0 unspecified atom stereocenters. The Morgan fingerprint density at radius 3 is 2.27 bits per heavy atom. The molecule has 4 N–H and O–H groups in total. The summed E-state index contributed by atoms with van der Waals surface area (Å²) in [5, 5.41) is 12.4. The second-order valence-electron chi connectivity index (χ2n) is 10.9. The lowest BCUT2D eigenvalue weighted by atomic mass is 10.0. The fourth-order valence-corrected chi connectivity index (χ4v) is 7.11. The Morgan fingerprint density at radius 2 is 1.55 bits per heavy atom. The van der Waals surface area contributed by atoms with E-state index in [1.165, 1.54) is 17.1 Å². The van der Waals surface area contributed by atoms with E-state index in [9.17, 15) is 24.0 Å². The summed E-state index contributed by atoms with van der Waals surface area (Å²) in [5.41, 5.74) is 0. The Hall–Kier alpha value is -2.80. The van der Waals surface area contributed by atoms with Crippen molar-refractivity contribution in [2.24, 2.45) is 0 Å². The first-order chi connectivity index (χ1) is 19.4. The van der Waals surface area contributed by atoms with Crippen molar-refractivity contribution in [2.45, 2.75) is 68.7 Å². The summed E-state index contributed by atoms with van der Waals surface area (Å²) in [7, 11) is 0. The normalized spacial score (nSPS) is 24.3. The zero-order chi connectivity index (χ0) is 28.3. The molecule has 0 bridgehead atoms. The van der Waals surface area contributed by atoms with Crippen molar-refractivity contribution in [3.8, 4) is 0 Å². The Bertz CT molecular complexity index is 938. The van der Waals surface area contributed by atoms with Crippen molar-refractivity contribution < 1.29 is 24.0 Å². The smallest absolute Gasteiger partial charge is 0.317 e. The number of imide groups is 1. The van der Waals surface area contributed by atoms with E-state index < -0.39 is 0 Å². The quantitative estimate of drug-likeness (QED) is 0.127. The number of nitrogens with zero attached hydrogens (tertiary/aromatic N) is 3. The zero-order valence-electron chi connectivity index (χ0n) is 23.2. The molecule has 13 heteroatoms. The summed E-state index contributed by atoms with van der Waals surface area (Å²) in [6, 6.07) is 0.381. The van der Waals surface area contributed by atoms with Crippen molar-refractivity contribution in [2.75, 3.05) is 58.1 Å². The molecular formula is C27H43N7O5S. The lowest BCUT2D eigenvalue weighted by molar-refractivity contribution is -0.137. The van der Waals surface area contributed by atoms with Crippen LogP contribution in [0, 0.1) is 0 Å². The molecule has 0 aromatic carbocycles. The van der Waals surface area contributed by atoms with Crippen LogP contribution in [-0.2, 0) is 14.4 Å². The summed E-state index contributed by atoms with van der Waals surface area (Å²) in [6.45, 7) is 5.02. The maximum atomic E-state index is 12.4. The minimum Gasteiger partial charge on any atom is -0.356 e. The van der Waals surface area contributed by atoms with Gasteiger partial charge in [0.2, 0.25) is 5.91 Å². The van der Waals surface area contributed by atoms with Crippen LogP contribution in [0.2, 0.25) is 0 Å². The van der Waals surface area contributed by atoms with Crippen LogP contribution in [0.3, 0.4) is 0 Å². The van der Waals surface area contributed by atoms with E-state index in [2.05, 4.69) is 26.2 Å². The summed E-state index contributed by atoms with van der Waals surface area (Å²) in [6.07, 6.45) is 9.88. The van der Waals surface area contributed by atoms with E-state index in [0.717, 1.165) is 63.8 Å². The van der Waals surface area contributed by atoms with Gasteiger partial charge in [0, 0.05) is 81.9 Å². The van der Waals surface area contributed by atoms with Crippen LogP contribution in [0.15, 0.2) is 12.2 Å². The molecule has 4 rings (SSSR count). The third kappa shape index (κ3) is 8.85. The van der Waals surface area contributed by atoms with E-state index in [-0.39, 0.29) is 41.9 Å². The van der Waals surface area contributed by atoms with Crippen LogP contribution in [0.5, 0.6) is 0 Å². The summed E-state index contributed by atoms with van der Waals surface area (Å²) >= 11 is 1.91. The molecule has 7 amide bonds. The number of nitrogens with one attached hydrogen (secondary N) is 4. The molecule has 0 radical (unpaired) electrons. The minimum absolute atomic E-state index is 0.0444. The second-order valence-corrected chi connectivity index (χ2v) is 12.1. The van der Waals surface area contributed by atoms with Gasteiger partial charge < -0.3 is 26.2 Å². The number of hydrogen-bond donors (Lipinski definition) is 4. The molecule has 222 valence electrons. The summed E-state index contributed by atoms with van der Waals surface area (Å²) in [5.74, 6) is 0.557. The summed E-state index contributed by atoms with van der Waals surface area (Å²) in [4.78, 5) is 64.5. The molecule has 0 aromatic rings. The number of rotatable bonds is 15. The van der Waals surface area contributed by atoms with Crippen molar-refractivity contribution in [3.63, 3.8) is 0 Å². The molecule has 12 nitrogen and oxygen atoms in total. The number of thioether (sulfide) groups is 1. The molecule has 4 aliphatic rings. The SMILES string of the molecule is O=C(CCCC[C@@H]1SC[C@@H]2NC(=O)N[C@@H]21)NCCCCCCNC(=O)N1CCN(CCN2C(=O)C=CC2=O)CC1. The van der Waals surface area contributed by atoms with Gasteiger partial charge in [-0.3, -0.25) is 24.2 Å². The predicted octanol–water partition coefficient (Wildman–Crippen LogP) is 0.641. The van der Waals surface area contributed by atoms with Crippen LogP contribution in [0.25, 0.3) is 0 Å². The average molecular weight is 578 g/mol. The first-order valence-electron chi connectivity index (χ1n) is 14.6. The maximum absolute atomic E-state index is 12.4. The molecule has 3 fully saturated rings. The lowest BCUT2D eigenvalue weighted by Gasteiger charge is -2.35. The van der Waals surface area contributed by atoms with Gasteiger partial charge in [-0.25, -0.2) is 9.59 Å². The molecule has 40 heavy (non-hydrogen) atoms. The van der Waals surface area contributed by atoms with Gasteiger partial charge in [0.25, 0.3) is 11.8 Å². The highest BCUT2D eigenvalue weighted by atomic mass is 32.2. The van der Waals surface area contributed by atoms with Crippen molar-refractivity contribution in [1.29, 1.82) is 0 Å². The predicted molar refractivity (Wildman–Crippen MR) is 153 cm³/mol. The third-order valence-corrected chi connectivity index (χ3v) is 9.49. The Labute approximate surface area is 240 Å². The van der Waals surface area contributed by atoms with Gasteiger partial charge in [-0.1, -0.05) is 19.3 Å². The molecule has 0 aromatic heterocycles. The minimum atomic E-state index is -0.257. The number of amides is 7. The van der Waals surface area contributed by atoms with E-state index in [1.807, 2.05) is 16.7 Å². The third-order valence-electron chi connectivity index (χ3n) is 7.98. The Morgan fingerprint density at radius 1 is 0.850 bits per heavy atom. The zero-order valence-corrected chi connectivity index (χ0v) is 24.0. The van der Waals surface area contributed by atoms with E-state index in [1.54, 1.807) is 0 Å². The highest BCUT2D eigenvalue weighted by Crippen LogP contribution is 2.33. The molecule has 4 heterocycles. The number of fused-ring (bicyclic) bond motifs is 1. The number of urea groups is 2. The van der Waals surface area contributed by atoms with Gasteiger partial charge in [-0.05, 0) is 25.7 Å². The number of carbonyl (C=O) groups is 5. The molecule has 3 saturated heterocycles. The molecule has 0 aliphatic carbocycles. The Kier molecular flexibility index (Phi) is 11.5. The highest BCUT2D eigenvalue weighted by molar-refractivity contribution is 8.00. The molecule has 4 aliphatic heterocycles. The van der Waals surface area contributed by atoms with E-state index >= 15 is 0 Å². The van der Waals surface area contributed by atoms with Gasteiger partial charge in [-0.2, -0.15) is 11.8 Å². The van der Waals surface area contributed by atoms with Gasteiger partial charge in [0.15, 0.2) is 0 Å². The van der Waals surface area contributed by atoms with E-state index in [0.29, 0.717) is 50.9 Å². The number of piperazine rings is 1. The van der Waals surface area contributed by atoms with Crippen molar-refractivity contribution in [3.05, 3.63) is 12.2 Å². The van der Waals surface area contributed by atoms with Crippen LogP contribution in [0.1, 0.15) is 51.4 Å². The fraction of sp³-hybridized carbons (Fsp3) is 0.741.